The molecule has 3 fully saturated rings. The number of aryl methyl sites for hydroxylation is 2. The second kappa shape index (κ2) is 5.18. The highest BCUT2D eigenvalue weighted by Crippen LogP contribution is 2.32. The number of hydrogen-bond acceptors (Lipinski definition) is 4. The number of nitrogens with zero attached hydrogens (tertiary/aromatic N) is 2. The van der Waals surface area contributed by atoms with Gasteiger partial charge >= 0.3 is 0 Å². The molecule has 122 valence electrons. The van der Waals surface area contributed by atoms with Crippen molar-refractivity contribution in [1.29, 1.82) is 0 Å². The third kappa shape index (κ3) is 2.32. The highest BCUT2D eigenvalue weighted by molar-refractivity contribution is 7.17. The van der Waals surface area contributed by atoms with Crippen molar-refractivity contribution in [3.63, 3.8) is 0 Å². The molecule has 1 N–H and O–H groups in total. The summed E-state index contributed by atoms with van der Waals surface area (Å²) in [5.41, 5.74) is 2.02. The molecule has 0 unspecified atom stereocenters. The Hall–Kier alpha value is -1.66. The fourth-order valence-electron chi connectivity index (χ4n) is 3.96. The van der Waals surface area contributed by atoms with Crippen molar-refractivity contribution in [3.05, 3.63) is 32.9 Å². The molecule has 2 aromatic rings. The quantitative estimate of drug-likeness (QED) is 0.914. The predicted octanol–water partition coefficient (Wildman–Crippen LogP) is 1.88. The molecule has 0 radical (unpaired) electrons. The first-order valence-electron chi connectivity index (χ1n) is 8.11. The normalized spacial score (nSPS) is 26.6. The number of pyridine rings is 1. The Kier molecular flexibility index (Phi) is 3.35. The van der Waals surface area contributed by atoms with Gasteiger partial charge in [-0.05, 0) is 37.1 Å². The number of hydrogen-bond donors (Lipinski definition) is 1. The lowest BCUT2D eigenvalue weighted by Crippen LogP contribution is -2.61. The van der Waals surface area contributed by atoms with Gasteiger partial charge < -0.3 is 14.8 Å². The first kappa shape index (κ1) is 14.9. The molecule has 0 aliphatic carbocycles. The van der Waals surface area contributed by atoms with Crippen LogP contribution in [0, 0.1) is 6.92 Å². The van der Waals surface area contributed by atoms with E-state index in [-0.39, 0.29) is 22.4 Å². The van der Waals surface area contributed by atoms with Crippen molar-refractivity contribution in [1.82, 2.24) is 14.8 Å². The maximum atomic E-state index is 12.8. The Morgan fingerprint density at radius 3 is 2.57 bits per heavy atom. The number of aromatic nitrogens is 1. The third-order valence-corrected chi connectivity index (χ3v) is 6.50. The van der Waals surface area contributed by atoms with Crippen molar-refractivity contribution >= 4 is 27.5 Å². The van der Waals surface area contributed by atoms with Gasteiger partial charge in [-0.15, -0.1) is 11.3 Å². The Labute approximate surface area is 138 Å². The highest BCUT2D eigenvalue weighted by Gasteiger charge is 2.40. The van der Waals surface area contributed by atoms with Crippen molar-refractivity contribution < 1.29 is 4.79 Å². The van der Waals surface area contributed by atoms with Gasteiger partial charge in [0.05, 0.1) is 10.2 Å². The molecule has 0 saturated carbocycles. The minimum absolute atomic E-state index is 0.114. The number of amides is 1. The van der Waals surface area contributed by atoms with Crippen molar-refractivity contribution in [2.75, 3.05) is 19.6 Å². The van der Waals surface area contributed by atoms with E-state index < -0.39 is 0 Å². The predicted molar refractivity (Wildman–Crippen MR) is 92.3 cm³/mol. The summed E-state index contributed by atoms with van der Waals surface area (Å²) >= 11 is 1.43. The molecule has 0 aromatic carbocycles. The molecule has 5 nitrogen and oxygen atoms in total. The summed E-state index contributed by atoms with van der Waals surface area (Å²) < 4.78 is 2.58. The molecular formula is C17H21N3O2S. The average Bonchev–Trinajstić information content (AvgIpc) is 2.95. The second-order valence-electron chi connectivity index (χ2n) is 6.91. The number of carbonyl (C=O) groups is 1. The number of fused-ring (bicyclic) bond motifs is 4. The minimum Gasteiger partial charge on any atom is -0.349 e. The van der Waals surface area contributed by atoms with Gasteiger partial charge in [-0.25, -0.2) is 0 Å². The fourth-order valence-corrected chi connectivity index (χ4v) is 5.00. The molecule has 6 heteroatoms. The Balaban J connectivity index is 1.70. The summed E-state index contributed by atoms with van der Waals surface area (Å²) in [5, 5.41) is 5.18. The second-order valence-corrected chi connectivity index (χ2v) is 7.78. The van der Waals surface area contributed by atoms with E-state index in [1.165, 1.54) is 11.3 Å². The molecule has 2 aromatic heterocycles. The number of rotatable bonds is 2. The molecule has 3 aliphatic heterocycles. The Bertz CT molecular complexity index is 830. The highest BCUT2D eigenvalue weighted by atomic mass is 32.1. The van der Waals surface area contributed by atoms with Gasteiger partial charge in [0.2, 0.25) is 5.43 Å². The number of nitrogens with one attached hydrogen (secondary N) is 1. The minimum atomic E-state index is -0.214. The molecule has 0 spiro atoms. The van der Waals surface area contributed by atoms with Crippen LogP contribution in [-0.2, 0) is 7.05 Å². The molecule has 5 rings (SSSR count). The van der Waals surface area contributed by atoms with E-state index >= 15 is 0 Å². The van der Waals surface area contributed by atoms with E-state index in [1.54, 1.807) is 6.20 Å². The topological polar surface area (TPSA) is 54.3 Å². The molecule has 3 saturated heterocycles. The van der Waals surface area contributed by atoms with Crippen LogP contribution in [0.3, 0.4) is 0 Å². The van der Waals surface area contributed by atoms with Crippen LogP contribution < -0.4 is 10.7 Å². The largest absolute Gasteiger partial charge is 0.349 e. The zero-order valence-electron chi connectivity index (χ0n) is 13.5. The van der Waals surface area contributed by atoms with Crippen LogP contribution in [-0.4, -0.2) is 40.5 Å². The van der Waals surface area contributed by atoms with Crippen LogP contribution in [0.25, 0.3) is 10.2 Å². The van der Waals surface area contributed by atoms with Crippen LogP contribution in [0.15, 0.2) is 16.4 Å². The van der Waals surface area contributed by atoms with Gasteiger partial charge in [0, 0.05) is 38.4 Å². The summed E-state index contributed by atoms with van der Waals surface area (Å²) in [7, 11) is 1.90. The standard InChI is InChI=1S/C17H21N3O2S/c1-11-10-23-15-13(11)19(2)9-12(14(15)21)16(22)18-17-3-6-20(7-4-17)8-5-17/h9-10H,3-8H2,1-2H3,(H,18,22). The van der Waals surface area contributed by atoms with Gasteiger partial charge in [-0.2, -0.15) is 0 Å². The molecule has 1 amide bonds. The van der Waals surface area contributed by atoms with Crippen molar-refractivity contribution in [3.8, 4) is 0 Å². The average molecular weight is 331 g/mol. The fraction of sp³-hybridized carbons (Fsp3) is 0.529. The van der Waals surface area contributed by atoms with Crippen molar-refractivity contribution in [2.24, 2.45) is 7.05 Å². The summed E-state index contributed by atoms with van der Waals surface area (Å²) in [6.07, 6.45) is 4.65. The van der Waals surface area contributed by atoms with E-state index in [1.807, 2.05) is 23.9 Å². The molecule has 23 heavy (non-hydrogen) atoms. The van der Waals surface area contributed by atoms with Gasteiger partial charge in [0.25, 0.3) is 5.91 Å². The van der Waals surface area contributed by atoms with Gasteiger partial charge in [-0.1, -0.05) is 0 Å². The third-order valence-electron chi connectivity index (χ3n) is 5.41. The molecule has 3 aliphatic rings. The van der Waals surface area contributed by atoms with E-state index in [0.29, 0.717) is 4.70 Å². The number of thiophene rings is 1. The van der Waals surface area contributed by atoms with Crippen LogP contribution in [0.4, 0.5) is 0 Å². The summed E-state index contributed by atoms with van der Waals surface area (Å²) in [6.45, 7) is 5.12. The number of carbonyl (C=O) groups excluding carboxylic acids is 1. The van der Waals surface area contributed by atoms with Gasteiger partial charge in [0.1, 0.15) is 5.56 Å². The summed E-state index contributed by atoms with van der Waals surface area (Å²) in [4.78, 5) is 27.9. The first-order chi connectivity index (χ1) is 11.0. The lowest BCUT2D eigenvalue weighted by molar-refractivity contribution is 0.0515. The monoisotopic (exact) mass is 331 g/mol. The SMILES string of the molecule is Cc1csc2c(=O)c(C(=O)NC34CCN(CC3)CC4)cn(C)c12. The van der Waals surface area contributed by atoms with E-state index in [4.69, 9.17) is 0 Å². The smallest absolute Gasteiger partial charge is 0.257 e. The molecule has 0 atom stereocenters. The molecule has 5 heterocycles. The maximum absolute atomic E-state index is 12.8. The van der Waals surface area contributed by atoms with Gasteiger partial charge in [0.15, 0.2) is 0 Å². The summed E-state index contributed by atoms with van der Waals surface area (Å²) in [5.74, 6) is -0.214. The lowest BCUT2D eigenvalue weighted by atomic mass is 9.80. The van der Waals surface area contributed by atoms with Gasteiger partial charge in [-0.3, -0.25) is 9.59 Å². The lowest BCUT2D eigenvalue weighted by Gasteiger charge is -2.48. The summed E-state index contributed by atoms with van der Waals surface area (Å²) in [6, 6.07) is 0. The number of piperidine rings is 3. The van der Waals surface area contributed by atoms with Crippen LogP contribution >= 0.6 is 11.3 Å². The van der Waals surface area contributed by atoms with Crippen molar-refractivity contribution in [2.45, 2.75) is 31.7 Å². The van der Waals surface area contributed by atoms with E-state index in [9.17, 15) is 9.59 Å². The Morgan fingerprint density at radius 1 is 1.26 bits per heavy atom. The van der Waals surface area contributed by atoms with Crippen LogP contribution in [0.2, 0.25) is 0 Å². The Morgan fingerprint density at radius 2 is 1.91 bits per heavy atom. The first-order valence-corrected chi connectivity index (χ1v) is 8.99. The zero-order chi connectivity index (χ0) is 16.2. The van der Waals surface area contributed by atoms with E-state index in [0.717, 1.165) is 50.0 Å². The van der Waals surface area contributed by atoms with E-state index in [2.05, 4.69) is 10.2 Å². The zero-order valence-corrected chi connectivity index (χ0v) is 14.3. The van der Waals surface area contributed by atoms with Crippen LogP contribution in [0.1, 0.15) is 35.2 Å². The van der Waals surface area contributed by atoms with Crippen LogP contribution in [0.5, 0.6) is 0 Å². The molecule has 2 bridgehead atoms. The maximum Gasteiger partial charge on any atom is 0.257 e. The molecular weight excluding hydrogens is 310 g/mol.